The number of hydrogen-bond donors (Lipinski definition) is 3. The predicted octanol–water partition coefficient (Wildman–Crippen LogP) is 4.06. The van der Waals surface area contributed by atoms with E-state index >= 15 is 4.39 Å². The number of aliphatic hydroxyl groups excluding tert-OH is 1. The fourth-order valence-electron chi connectivity index (χ4n) is 7.47. The molecule has 3 aromatic carbocycles. The minimum absolute atomic E-state index is 0.0190. The van der Waals surface area contributed by atoms with Crippen LogP contribution in [0.15, 0.2) is 30.3 Å². The number of aromatic hydroxyl groups is 1. The molecule has 4 heterocycles. The number of nitrogens with one attached hydrogen (secondary N) is 1. The van der Waals surface area contributed by atoms with E-state index in [9.17, 15) is 19.9 Å². The van der Waals surface area contributed by atoms with Crippen molar-refractivity contribution in [3.63, 3.8) is 0 Å². The van der Waals surface area contributed by atoms with Crippen molar-refractivity contribution < 1.29 is 23.7 Å². The predicted molar refractivity (Wildman–Crippen MR) is 168 cm³/mol. The van der Waals surface area contributed by atoms with E-state index < -0.39 is 11.6 Å². The number of piperazine rings is 1. The summed E-state index contributed by atoms with van der Waals surface area (Å²) in [5, 5.41) is 35.3. The van der Waals surface area contributed by atoms with Crippen LogP contribution in [0.1, 0.15) is 36.8 Å². The quantitative estimate of drug-likeness (QED) is 0.262. The second-order valence-electron chi connectivity index (χ2n) is 13.3. The molecule has 8 rings (SSSR count). The largest absolute Gasteiger partial charge is 0.508 e. The number of fused-ring (bicyclic) bond motifs is 4. The third-order valence-electron chi connectivity index (χ3n) is 9.95. The maximum absolute atomic E-state index is 17.1. The number of ether oxygens (including phenoxy) is 1. The zero-order chi connectivity index (χ0) is 31.7. The highest BCUT2D eigenvalue weighted by Crippen LogP contribution is 2.47. The summed E-state index contributed by atoms with van der Waals surface area (Å²) in [4.78, 5) is 13.7. The summed E-state index contributed by atoms with van der Waals surface area (Å²) in [6.45, 7) is 3.77. The van der Waals surface area contributed by atoms with Gasteiger partial charge in [-0.1, -0.05) is 12.0 Å². The minimum atomic E-state index is -0.810. The number of phenolic OH excluding ortho intramolecular Hbond substituents is 1. The molecule has 1 aromatic heterocycles. The molecule has 9 nitrogen and oxygen atoms in total. The zero-order valence-corrected chi connectivity index (χ0v) is 25.1. The fraction of sp³-hybridized carbons (Fsp3) is 0.400. The van der Waals surface area contributed by atoms with Gasteiger partial charge >= 0.3 is 6.01 Å². The van der Waals surface area contributed by atoms with Crippen LogP contribution in [0.2, 0.25) is 0 Å². The van der Waals surface area contributed by atoms with Crippen molar-refractivity contribution in [2.45, 2.75) is 43.9 Å². The van der Waals surface area contributed by atoms with E-state index in [1.54, 1.807) is 6.07 Å². The third kappa shape index (κ3) is 4.87. The van der Waals surface area contributed by atoms with Crippen molar-refractivity contribution in [3.05, 3.63) is 53.1 Å². The van der Waals surface area contributed by atoms with Crippen molar-refractivity contribution in [1.29, 1.82) is 5.26 Å². The van der Waals surface area contributed by atoms with Gasteiger partial charge < -0.3 is 25.2 Å². The van der Waals surface area contributed by atoms with Crippen molar-refractivity contribution in [1.82, 2.24) is 20.2 Å². The maximum atomic E-state index is 17.1. The first-order valence-corrected chi connectivity index (χ1v) is 15.6. The molecule has 11 heteroatoms. The Morgan fingerprint density at radius 1 is 1.09 bits per heavy atom. The number of likely N-dealkylation sites (tertiary alicyclic amines) is 1. The summed E-state index contributed by atoms with van der Waals surface area (Å²) < 4.78 is 38.2. The Morgan fingerprint density at radius 3 is 2.52 bits per heavy atom. The van der Waals surface area contributed by atoms with Gasteiger partial charge in [-0.25, -0.2) is 8.78 Å². The molecule has 0 spiro atoms. The summed E-state index contributed by atoms with van der Waals surface area (Å²) >= 11 is 0. The van der Waals surface area contributed by atoms with Crippen molar-refractivity contribution >= 4 is 27.5 Å². The van der Waals surface area contributed by atoms with E-state index in [1.165, 1.54) is 24.3 Å². The molecule has 4 aromatic rings. The number of hydrogen-bond acceptors (Lipinski definition) is 9. The molecule has 3 saturated heterocycles. The molecule has 1 aliphatic carbocycles. The monoisotopic (exact) mass is 622 g/mol. The van der Waals surface area contributed by atoms with Crippen molar-refractivity contribution in [2.24, 2.45) is 5.41 Å². The number of β-amino-alcohol motifs (C(OH)–C–C–N with tert-alkyl or cyclic N) is 1. The third-order valence-corrected chi connectivity index (χ3v) is 9.95. The smallest absolute Gasteiger partial charge is 0.319 e. The highest BCUT2D eigenvalue weighted by Gasteiger charge is 2.47. The molecule has 0 amide bonds. The molecule has 0 radical (unpaired) electrons. The normalized spacial score (nSPS) is 22.1. The van der Waals surface area contributed by atoms with Gasteiger partial charge in [-0.2, -0.15) is 15.2 Å². The maximum Gasteiger partial charge on any atom is 0.319 e. The van der Waals surface area contributed by atoms with E-state index in [0.29, 0.717) is 49.4 Å². The highest BCUT2D eigenvalue weighted by atomic mass is 19.1. The van der Waals surface area contributed by atoms with Gasteiger partial charge in [-0.05, 0) is 60.9 Å². The van der Waals surface area contributed by atoms with Crippen LogP contribution in [0.25, 0.3) is 32.8 Å². The number of aromatic nitrogens is 2. The van der Waals surface area contributed by atoms with Crippen molar-refractivity contribution in [3.8, 4) is 41.3 Å². The number of nitrogens with zero attached hydrogens (tertiary/aromatic N) is 5. The van der Waals surface area contributed by atoms with Crippen LogP contribution in [-0.2, 0) is 0 Å². The summed E-state index contributed by atoms with van der Waals surface area (Å²) in [6.07, 6.45) is 9.42. The Hall–Kier alpha value is -4.55. The Bertz CT molecular complexity index is 1980. The molecule has 4 fully saturated rings. The molecular formula is C35H32F2N6O3. The van der Waals surface area contributed by atoms with Crippen LogP contribution in [-0.4, -0.2) is 82.6 Å². The highest BCUT2D eigenvalue weighted by molar-refractivity contribution is 6.05. The van der Waals surface area contributed by atoms with Gasteiger partial charge in [0, 0.05) is 66.6 Å². The number of terminal acetylenes is 1. The average Bonchev–Trinajstić information content (AvgIpc) is 3.72. The Kier molecular flexibility index (Phi) is 6.77. The number of nitriles is 1. The number of anilines is 1. The lowest BCUT2D eigenvalue weighted by Crippen LogP contribution is -2.53. The molecule has 4 aliphatic rings. The van der Waals surface area contributed by atoms with E-state index in [2.05, 4.69) is 32.1 Å². The molecule has 234 valence electrons. The first-order chi connectivity index (χ1) is 22.2. The molecule has 3 N–H and O–H groups in total. The SMILES string of the molecule is C#Cc1c(F)ccc2cc(O)cc(-c3c(C#N)cc4c(N5CC6CCC(C5)N6)nc(OCC5(CN6CC(O)C6)CC5)nc4c3F)c12. The fourth-order valence-corrected chi connectivity index (χ4v) is 7.47. The van der Waals surface area contributed by atoms with Crippen molar-refractivity contribution in [2.75, 3.05) is 44.2 Å². The van der Waals surface area contributed by atoms with Gasteiger partial charge in [0.05, 0.1) is 29.9 Å². The van der Waals surface area contributed by atoms with Crippen LogP contribution in [0.5, 0.6) is 11.8 Å². The van der Waals surface area contributed by atoms with Crippen LogP contribution in [0.3, 0.4) is 0 Å². The molecular weight excluding hydrogens is 590 g/mol. The van der Waals surface area contributed by atoms with Crippen LogP contribution in [0, 0.1) is 40.7 Å². The van der Waals surface area contributed by atoms with Gasteiger partial charge in [0.1, 0.15) is 22.9 Å². The van der Waals surface area contributed by atoms with Crippen LogP contribution >= 0.6 is 0 Å². The van der Waals surface area contributed by atoms with Crippen LogP contribution < -0.4 is 15.0 Å². The van der Waals surface area contributed by atoms with E-state index in [0.717, 1.165) is 32.2 Å². The van der Waals surface area contributed by atoms with Gasteiger partial charge in [0.2, 0.25) is 0 Å². The topological polar surface area (TPSA) is 118 Å². The molecule has 3 aliphatic heterocycles. The Balaban J connectivity index is 1.28. The summed E-state index contributed by atoms with van der Waals surface area (Å²) in [5.41, 5.74) is -0.264. The molecule has 2 bridgehead atoms. The molecule has 1 saturated carbocycles. The lowest BCUT2D eigenvalue weighted by Gasteiger charge is -2.38. The number of benzene rings is 3. The average molecular weight is 623 g/mol. The van der Waals surface area contributed by atoms with E-state index in [1.807, 2.05) is 0 Å². The standard InChI is InChI=1S/C35H32F2N6O3/c1-2-25-28(36)6-3-19-9-23(44)11-26(29(19)25)30-20(12-38)10-27-32(31(30)37)40-34(41-33(27)43-13-21-4-5-22(14-43)39-21)46-18-35(7-8-35)17-42-15-24(45)16-42/h1,3,6,9-11,21-22,24,39,44-45H,4-5,7-8,13-18H2. The zero-order valence-electron chi connectivity index (χ0n) is 25.1. The number of halogens is 2. The lowest BCUT2D eigenvalue weighted by molar-refractivity contribution is -0.0142. The van der Waals surface area contributed by atoms with Gasteiger partial charge in [0.25, 0.3) is 0 Å². The first-order valence-electron chi connectivity index (χ1n) is 15.6. The van der Waals surface area contributed by atoms with Gasteiger partial charge in [0.15, 0.2) is 5.82 Å². The second kappa shape index (κ2) is 10.8. The molecule has 46 heavy (non-hydrogen) atoms. The lowest BCUT2D eigenvalue weighted by atomic mass is 9.90. The van der Waals surface area contributed by atoms with E-state index in [-0.39, 0.29) is 68.5 Å². The number of rotatable bonds is 7. The molecule has 2 unspecified atom stereocenters. The summed E-state index contributed by atoms with van der Waals surface area (Å²) in [7, 11) is 0. The van der Waals surface area contributed by atoms with E-state index in [4.69, 9.17) is 16.1 Å². The molecule has 2 atom stereocenters. The summed E-state index contributed by atoms with van der Waals surface area (Å²) in [6, 6.07) is 9.63. The van der Waals surface area contributed by atoms with Gasteiger partial charge in [-0.3, -0.25) is 4.90 Å². The number of aliphatic hydroxyl groups is 1. The first kappa shape index (κ1) is 28.9. The minimum Gasteiger partial charge on any atom is -0.508 e. The second-order valence-corrected chi connectivity index (χ2v) is 13.3. The van der Waals surface area contributed by atoms with Crippen LogP contribution in [0.4, 0.5) is 14.6 Å². The number of phenols is 1. The Labute approximate surface area is 264 Å². The van der Waals surface area contributed by atoms with Gasteiger partial charge in [-0.15, -0.1) is 6.42 Å². The summed E-state index contributed by atoms with van der Waals surface area (Å²) in [5.74, 6) is 1.19. The Morgan fingerprint density at radius 2 is 1.85 bits per heavy atom.